The second kappa shape index (κ2) is 4.14. The molecule has 0 bridgehead atoms. The van der Waals surface area contributed by atoms with Gasteiger partial charge in [-0.2, -0.15) is 0 Å². The fraction of sp³-hybridized carbons (Fsp3) is 0.182. The van der Waals surface area contributed by atoms with E-state index >= 15 is 0 Å². The maximum absolute atomic E-state index is 10.6. The maximum Gasteiger partial charge on any atom is 0.393 e. The largest absolute Gasteiger partial charge is 0.474 e. The molecule has 0 saturated heterocycles. The van der Waals surface area contributed by atoms with Crippen LogP contribution in [0.1, 0.15) is 23.2 Å². The van der Waals surface area contributed by atoms with Gasteiger partial charge in [0.2, 0.25) is 5.89 Å². The molecule has 0 saturated carbocycles. The molecule has 0 aliphatic rings. The van der Waals surface area contributed by atoms with E-state index in [4.69, 9.17) is 9.52 Å². The second-order valence-electron chi connectivity index (χ2n) is 3.23. The van der Waals surface area contributed by atoms with Crippen LogP contribution in [0.25, 0.3) is 11.5 Å². The fourth-order valence-electron chi connectivity index (χ4n) is 1.46. The van der Waals surface area contributed by atoms with Crippen molar-refractivity contribution in [2.45, 2.75) is 13.3 Å². The molecule has 0 fully saturated rings. The number of hydrogen-bond acceptors (Lipinski definition) is 4. The number of aryl methyl sites for hydroxylation is 1. The summed E-state index contributed by atoms with van der Waals surface area (Å²) < 4.78 is 5.05. The van der Waals surface area contributed by atoms with Gasteiger partial charge in [-0.1, -0.05) is 25.1 Å². The van der Waals surface area contributed by atoms with Crippen LogP contribution in [0.4, 0.5) is 0 Å². The molecule has 0 aliphatic carbocycles. The summed E-state index contributed by atoms with van der Waals surface area (Å²) >= 11 is 0. The van der Waals surface area contributed by atoms with E-state index in [1.807, 2.05) is 31.2 Å². The molecule has 16 heavy (non-hydrogen) atoms. The quantitative estimate of drug-likeness (QED) is 0.852. The van der Waals surface area contributed by atoms with Gasteiger partial charge in [0, 0.05) is 5.56 Å². The lowest BCUT2D eigenvalue weighted by atomic mass is 10.1. The summed E-state index contributed by atoms with van der Waals surface area (Å²) in [5.41, 5.74) is 1.83. The highest BCUT2D eigenvalue weighted by molar-refractivity contribution is 5.82. The molecule has 1 N–H and O–H groups in total. The highest BCUT2D eigenvalue weighted by Crippen LogP contribution is 2.22. The first-order chi connectivity index (χ1) is 7.72. The lowest BCUT2D eigenvalue weighted by molar-refractivity contribution is 0.0654. The molecule has 1 aromatic heterocycles. The third kappa shape index (κ3) is 1.79. The first-order valence-corrected chi connectivity index (χ1v) is 4.87. The van der Waals surface area contributed by atoms with E-state index in [0.29, 0.717) is 0 Å². The van der Waals surface area contributed by atoms with Gasteiger partial charge in [0.25, 0.3) is 0 Å². The van der Waals surface area contributed by atoms with E-state index in [2.05, 4.69) is 10.2 Å². The van der Waals surface area contributed by atoms with Crippen molar-refractivity contribution in [1.29, 1.82) is 0 Å². The summed E-state index contributed by atoms with van der Waals surface area (Å²) in [6, 6.07) is 7.54. The SMILES string of the molecule is CCc1ccccc1-c1nnc(C(=O)O)o1. The first kappa shape index (κ1) is 10.4. The molecule has 0 radical (unpaired) electrons. The van der Waals surface area contributed by atoms with Crippen LogP contribution < -0.4 is 0 Å². The molecule has 5 heteroatoms. The van der Waals surface area contributed by atoms with Gasteiger partial charge in [-0.15, -0.1) is 10.2 Å². The maximum atomic E-state index is 10.6. The van der Waals surface area contributed by atoms with E-state index < -0.39 is 5.97 Å². The average Bonchev–Trinajstić information content (AvgIpc) is 2.78. The van der Waals surface area contributed by atoms with Crippen molar-refractivity contribution >= 4 is 5.97 Å². The Labute approximate surface area is 91.7 Å². The van der Waals surface area contributed by atoms with E-state index in [9.17, 15) is 4.79 Å². The Balaban J connectivity index is 2.46. The number of rotatable bonds is 3. The third-order valence-corrected chi connectivity index (χ3v) is 2.24. The normalized spacial score (nSPS) is 10.3. The molecule has 1 heterocycles. The Kier molecular flexibility index (Phi) is 2.68. The van der Waals surface area contributed by atoms with Crippen LogP contribution in [0.2, 0.25) is 0 Å². The Bertz CT molecular complexity index is 519. The molecule has 5 nitrogen and oxygen atoms in total. The minimum absolute atomic E-state index is 0.245. The van der Waals surface area contributed by atoms with Crippen molar-refractivity contribution in [3.05, 3.63) is 35.7 Å². The lowest BCUT2D eigenvalue weighted by Gasteiger charge is -2.01. The average molecular weight is 218 g/mol. The van der Waals surface area contributed by atoms with Crippen LogP contribution in [0.3, 0.4) is 0 Å². The zero-order chi connectivity index (χ0) is 11.5. The summed E-state index contributed by atoms with van der Waals surface area (Å²) in [5.74, 6) is -1.36. The van der Waals surface area contributed by atoms with E-state index in [1.165, 1.54) is 0 Å². The van der Waals surface area contributed by atoms with Gasteiger partial charge in [-0.25, -0.2) is 4.79 Å². The van der Waals surface area contributed by atoms with Crippen LogP contribution in [0, 0.1) is 0 Å². The first-order valence-electron chi connectivity index (χ1n) is 4.87. The predicted octanol–water partition coefficient (Wildman–Crippen LogP) is 2.00. The van der Waals surface area contributed by atoms with Crippen LogP contribution in [-0.2, 0) is 6.42 Å². The number of carboxylic acids is 1. The van der Waals surface area contributed by atoms with Crippen molar-refractivity contribution in [2.24, 2.45) is 0 Å². The van der Waals surface area contributed by atoms with Crippen molar-refractivity contribution in [3.8, 4) is 11.5 Å². The van der Waals surface area contributed by atoms with Gasteiger partial charge in [-0.05, 0) is 18.1 Å². The Hall–Kier alpha value is -2.17. The monoisotopic (exact) mass is 218 g/mol. The van der Waals surface area contributed by atoms with Gasteiger partial charge in [0.05, 0.1) is 0 Å². The molecule has 0 unspecified atom stereocenters. The van der Waals surface area contributed by atoms with E-state index in [-0.39, 0.29) is 11.8 Å². The summed E-state index contributed by atoms with van der Waals surface area (Å²) in [7, 11) is 0. The summed E-state index contributed by atoms with van der Waals surface area (Å²) in [5, 5.41) is 15.8. The van der Waals surface area contributed by atoms with Gasteiger partial charge < -0.3 is 9.52 Å². The smallest absolute Gasteiger partial charge is 0.393 e. The lowest BCUT2D eigenvalue weighted by Crippen LogP contribution is -1.95. The van der Waals surface area contributed by atoms with Crippen LogP contribution in [0.5, 0.6) is 0 Å². The number of benzene rings is 1. The number of carboxylic acid groups (broad SMARTS) is 1. The summed E-state index contributed by atoms with van der Waals surface area (Å²) in [6.07, 6.45) is 0.820. The van der Waals surface area contributed by atoms with Crippen molar-refractivity contribution in [3.63, 3.8) is 0 Å². The van der Waals surface area contributed by atoms with Crippen molar-refractivity contribution < 1.29 is 14.3 Å². The molecular formula is C11H10N2O3. The number of aromatic carboxylic acids is 1. The zero-order valence-electron chi connectivity index (χ0n) is 8.67. The second-order valence-corrected chi connectivity index (χ2v) is 3.23. The molecule has 2 aromatic rings. The number of nitrogens with zero attached hydrogens (tertiary/aromatic N) is 2. The molecule has 0 aliphatic heterocycles. The Morgan fingerprint density at radius 2 is 2.12 bits per heavy atom. The molecule has 0 spiro atoms. The Morgan fingerprint density at radius 3 is 2.75 bits per heavy atom. The highest BCUT2D eigenvalue weighted by atomic mass is 16.4. The minimum Gasteiger partial charge on any atom is -0.474 e. The fourth-order valence-corrected chi connectivity index (χ4v) is 1.46. The topological polar surface area (TPSA) is 76.2 Å². The Morgan fingerprint density at radius 1 is 1.38 bits per heavy atom. The summed E-state index contributed by atoms with van der Waals surface area (Å²) in [4.78, 5) is 10.6. The van der Waals surface area contributed by atoms with Crippen molar-refractivity contribution in [1.82, 2.24) is 10.2 Å². The molecule has 0 atom stereocenters. The van der Waals surface area contributed by atoms with Gasteiger partial charge in [0.15, 0.2) is 0 Å². The minimum atomic E-state index is -1.22. The van der Waals surface area contributed by atoms with Crippen LogP contribution in [-0.4, -0.2) is 21.3 Å². The third-order valence-electron chi connectivity index (χ3n) is 2.24. The van der Waals surface area contributed by atoms with Crippen molar-refractivity contribution in [2.75, 3.05) is 0 Å². The highest BCUT2D eigenvalue weighted by Gasteiger charge is 2.15. The molecule has 0 amide bonds. The van der Waals surface area contributed by atoms with Gasteiger partial charge in [-0.3, -0.25) is 0 Å². The summed E-state index contributed by atoms with van der Waals surface area (Å²) in [6.45, 7) is 2.01. The van der Waals surface area contributed by atoms with E-state index in [0.717, 1.165) is 17.5 Å². The standard InChI is InChI=1S/C11H10N2O3/c1-2-7-5-3-4-6-8(7)9-12-13-10(16-9)11(14)15/h3-6H,2H2,1H3,(H,14,15). The molecule has 1 aromatic carbocycles. The zero-order valence-corrected chi connectivity index (χ0v) is 8.67. The molecular weight excluding hydrogens is 208 g/mol. The van der Waals surface area contributed by atoms with Crippen LogP contribution in [0.15, 0.2) is 28.7 Å². The van der Waals surface area contributed by atoms with Gasteiger partial charge in [0.1, 0.15) is 0 Å². The van der Waals surface area contributed by atoms with E-state index in [1.54, 1.807) is 0 Å². The number of carbonyl (C=O) groups is 1. The molecule has 2 rings (SSSR count). The molecule has 82 valence electrons. The number of hydrogen-bond donors (Lipinski definition) is 1. The predicted molar refractivity (Wildman–Crippen MR) is 56.1 cm³/mol. The van der Waals surface area contributed by atoms with Crippen LogP contribution >= 0.6 is 0 Å². The number of aromatic nitrogens is 2. The van der Waals surface area contributed by atoms with Gasteiger partial charge >= 0.3 is 11.9 Å².